The van der Waals surface area contributed by atoms with Gasteiger partial charge in [0.25, 0.3) is 0 Å². The van der Waals surface area contributed by atoms with Crippen LogP contribution in [-0.2, 0) is 6.18 Å². The van der Waals surface area contributed by atoms with E-state index in [0.29, 0.717) is 31.0 Å². The van der Waals surface area contributed by atoms with Crippen molar-refractivity contribution in [3.8, 4) is 11.5 Å². The second-order valence-electron chi connectivity index (χ2n) is 9.06. The molecule has 0 aromatic heterocycles. The van der Waals surface area contributed by atoms with Crippen LogP contribution in [0.25, 0.3) is 10.8 Å². The van der Waals surface area contributed by atoms with Crippen LogP contribution in [0.1, 0.15) is 23.7 Å². The molecule has 0 spiro atoms. The fourth-order valence-corrected chi connectivity index (χ4v) is 4.14. The van der Waals surface area contributed by atoms with Crippen LogP contribution < -0.4 is 9.47 Å². The Morgan fingerprint density at radius 1 is 0.811 bits per heavy atom. The van der Waals surface area contributed by atoms with E-state index in [1.807, 2.05) is 84.7 Å². The lowest BCUT2D eigenvalue weighted by Gasteiger charge is -2.25. The van der Waals surface area contributed by atoms with Gasteiger partial charge in [-0.25, -0.2) is 0 Å². The zero-order valence-electron chi connectivity index (χ0n) is 20.6. The molecule has 37 heavy (non-hydrogen) atoms. The number of ether oxygens (including phenoxy) is 2. The van der Waals surface area contributed by atoms with Gasteiger partial charge in [0.1, 0.15) is 30.3 Å². The van der Waals surface area contributed by atoms with Crippen LogP contribution in [0.2, 0.25) is 0 Å². The van der Waals surface area contributed by atoms with E-state index >= 15 is 0 Å². The lowest BCUT2D eigenvalue weighted by atomic mass is 10.1. The van der Waals surface area contributed by atoms with Gasteiger partial charge in [0.15, 0.2) is 0 Å². The van der Waals surface area contributed by atoms with Gasteiger partial charge in [-0.05, 0) is 59.8 Å². The number of nitrogens with zero attached hydrogens (tertiary/aromatic N) is 1. The highest BCUT2D eigenvalue weighted by atomic mass is 19.4. The van der Waals surface area contributed by atoms with E-state index in [2.05, 4.69) is 0 Å². The number of likely N-dealkylation sites (N-methyl/N-ethyl adjacent to an activating group) is 1. The Morgan fingerprint density at radius 3 is 2.16 bits per heavy atom. The maximum Gasteiger partial charge on any atom is 0.416 e. The fraction of sp³-hybridized carbons (Fsp3) is 0.267. The second-order valence-corrected chi connectivity index (χ2v) is 9.06. The van der Waals surface area contributed by atoms with Crippen molar-refractivity contribution in [1.82, 2.24) is 4.90 Å². The quantitative estimate of drug-likeness (QED) is 0.243. The molecule has 0 bridgehead atoms. The Bertz CT molecular complexity index is 1260. The number of aliphatic hydroxyl groups is 1. The SMILES string of the molecule is CN(CCC(Oc1ccc(C(F)(F)F)cc1)c1ccccc1)CC(O)COc1ccc2ccccc2c1. The van der Waals surface area contributed by atoms with Gasteiger partial charge < -0.3 is 19.5 Å². The van der Waals surface area contributed by atoms with Crippen LogP contribution in [0.3, 0.4) is 0 Å². The Kier molecular flexibility index (Phi) is 8.69. The third-order valence-electron chi connectivity index (χ3n) is 6.09. The van der Waals surface area contributed by atoms with Crippen molar-refractivity contribution in [3.05, 3.63) is 108 Å². The van der Waals surface area contributed by atoms with E-state index in [1.54, 1.807) is 0 Å². The molecule has 7 heteroatoms. The van der Waals surface area contributed by atoms with Crippen molar-refractivity contribution < 1.29 is 27.8 Å². The summed E-state index contributed by atoms with van der Waals surface area (Å²) in [6, 6.07) is 28.1. The summed E-state index contributed by atoms with van der Waals surface area (Å²) in [7, 11) is 1.90. The van der Waals surface area contributed by atoms with Crippen molar-refractivity contribution in [2.45, 2.75) is 24.8 Å². The molecule has 0 heterocycles. The normalized spacial score (nSPS) is 13.5. The number of fused-ring (bicyclic) bond motifs is 1. The van der Waals surface area contributed by atoms with Crippen molar-refractivity contribution in [3.63, 3.8) is 0 Å². The lowest BCUT2D eigenvalue weighted by Crippen LogP contribution is -2.34. The topological polar surface area (TPSA) is 41.9 Å². The molecule has 2 unspecified atom stereocenters. The van der Waals surface area contributed by atoms with Gasteiger partial charge >= 0.3 is 6.18 Å². The van der Waals surface area contributed by atoms with Gasteiger partial charge in [-0.15, -0.1) is 0 Å². The fourth-order valence-electron chi connectivity index (χ4n) is 4.14. The molecular formula is C30H30F3NO3. The summed E-state index contributed by atoms with van der Waals surface area (Å²) >= 11 is 0. The van der Waals surface area contributed by atoms with Crippen LogP contribution in [-0.4, -0.2) is 42.9 Å². The molecule has 0 radical (unpaired) electrons. The Hall–Kier alpha value is -3.55. The third-order valence-corrected chi connectivity index (χ3v) is 6.09. The first-order chi connectivity index (χ1) is 17.8. The maximum atomic E-state index is 12.9. The van der Waals surface area contributed by atoms with E-state index in [-0.39, 0.29) is 12.7 Å². The standard InChI is InChI=1S/C30H30F3NO3/c1-34(20-26(35)21-36-28-14-11-22-7-5-6-10-24(22)19-28)18-17-29(23-8-3-2-4-9-23)37-27-15-12-25(13-16-27)30(31,32)33/h2-16,19,26,29,35H,17-18,20-21H2,1H3. The highest BCUT2D eigenvalue weighted by Gasteiger charge is 2.30. The molecule has 4 rings (SSSR count). The number of halogens is 3. The Labute approximate surface area is 214 Å². The summed E-state index contributed by atoms with van der Waals surface area (Å²) in [5.41, 5.74) is 0.215. The molecular weight excluding hydrogens is 479 g/mol. The first-order valence-electron chi connectivity index (χ1n) is 12.1. The van der Waals surface area contributed by atoms with Crippen molar-refractivity contribution in [1.29, 1.82) is 0 Å². The van der Waals surface area contributed by atoms with E-state index in [9.17, 15) is 18.3 Å². The van der Waals surface area contributed by atoms with Gasteiger partial charge in [0, 0.05) is 19.5 Å². The summed E-state index contributed by atoms with van der Waals surface area (Å²) in [5, 5.41) is 12.7. The summed E-state index contributed by atoms with van der Waals surface area (Å²) < 4.78 is 50.6. The largest absolute Gasteiger partial charge is 0.491 e. The molecule has 4 aromatic carbocycles. The molecule has 0 fully saturated rings. The molecule has 0 aliphatic heterocycles. The highest BCUT2D eigenvalue weighted by Crippen LogP contribution is 2.32. The molecule has 0 aliphatic carbocycles. The molecule has 2 atom stereocenters. The van der Waals surface area contributed by atoms with Crippen molar-refractivity contribution in [2.75, 3.05) is 26.7 Å². The molecule has 0 amide bonds. The van der Waals surface area contributed by atoms with Gasteiger partial charge in [0.05, 0.1) is 5.56 Å². The van der Waals surface area contributed by atoms with E-state index < -0.39 is 17.8 Å². The number of hydrogen-bond donors (Lipinski definition) is 1. The molecule has 4 nitrogen and oxygen atoms in total. The summed E-state index contributed by atoms with van der Waals surface area (Å²) in [4.78, 5) is 1.99. The van der Waals surface area contributed by atoms with Gasteiger partial charge in [-0.1, -0.05) is 60.7 Å². The average molecular weight is 510 g/mol. The molecule has 4 aromatic rings. The average Bonchev–Trinajstić information content (AvgIpc) is 2.90. The van der Waals surface area contributed by atoms with E-state index in [1.165, 1.54) is 12.1 Å². The Balaban J connectivity index is 1.31. The number of benzene rings is 4. The first-order valence-corrected chi connectivity index (χ1v) is 12.1. The minimum Gasteiger partial charge on any atom is -0.491 e. The van der Waals surface area contributed by atoms with Crippen molar-refractivity contribution in [2.24, 2.45) is 0 Å². The van der Waals surface area contributed by atoms with Crippen molar-refractivity contribution >= 4 is 10.8 Å². The predicted molar refractivity (Wildman–Crippen MR) is 139 cm³/mol. The minimum atomic E-state index is -4.39. The second kappa shape index (κ2) is 12.1. The van der Waals surface area contributed by atoms with Crippen LogP contribution in [0.4, 0.5) is 13.2 Å². The smallest absolute Gasteiger partial charge is 0.416 e. The van der Waals surface area contributed by atoms with Gasteiger partial charge in [-0.2, -0.15) is 13.2 Å². The molecule has 194 valence electrons. The minimum absolute atomic E-state index is 0.160. The number of rotatable bonds is 11. The number of aliphatic hydroxyl groups excluding tert-OH is 1. The molecule has 0 saturated carbocycles. The van der Waals surface area contributed by atoms with Gasteiger partial charge in [0.2, 0.25) is 0 Å². The monoisotopic (exact) mass is 509 g/mol. The Morgan fingerprint density at radius 2 is 1.46 bits per heavy atom. The summed E-state index contributed by atoms with van der Waals surface area (Å²) in [6.07, 6.45) is -4.85. The summed E-state index contributed by atoms with van der Waals surface area (Å²) in [6.45, 7) is 1.16. The van der Waals surface area contributed by atoms with E-state index in [4.69, 9.17) is 9.47 Å². The van der Waals surface area contributed by atoms with Crippen LogP contribution >= 0.6 is 0 Å². The lowest BCUT2D eigenvalue weighted by molar-refractivity contribution is -0.137. The molecule has 0 saturated heterocycles. The zero-order chi connectivity index (χ0) is 26.3. The van der Waals surface area contributed by atoms with Gasteiger partial charge in [-0.3, -0.25) is 0 Å². The molecule has 1 N–H and O–H groups in total. The van der Waals surface area contributed by atoms with Crippen LogP contribution in [0, 0.1) is 0 Å². The van der Waals surface area contributed by atoms with E-state index in [0.717, 1.165) is 28.5 Å². The highest BCUT2D eigenvalue weighted by molar-refractivity contribution is 5.83. The predicted octanol–water partition coefficient (Wildman–Crippen LogP) is 6.74. The number of alkyl halides is 3. The summed E-state index contributed by atoms with van der Waals surface area (Å²) in [5.74, 6) is 1.07. The van der Waals surface area contributed by atoms with Crippen LogP contribution in [0.5, 0.6) is 11.5 Å². The first kappa shape index (κ1) is 26.5. The molecule has 0 aliphatic rings. The van der Waals surface area contributed by atoms with Crippen LogP contribution in [0.15, 0.2) is 97.1 Å². The maximum absolute atomic E-state index is 12.9. The third kappa shape index (κ3) is 7.71. The zero-order valence-corrected chi connectivity index (χ0v) is 20.6. The number of hydrogen-bond acceptors (Lipinski definition) is 4.